The number of carbonyl (C=O) groups excluding carboxylic acids is 1. The van der Waals surface area contributed by atoms with Crippen LogP contribution in [0.3, 0.4) is 0 Å². The van der Waals surface area contributed by atoms with Gasteiger partial charge in [0.15, 0.2) is 6.61 Å². The molecule has 3 rings (SSSR count). The molecule has 0 aromatic carbocycles. The third kappa shape index (κ3) is 5.19. The van der Waals surface area contributed by atoms with Gasteiger partial charge in [0, 0.05) is 19.2 Å². The molecule has 1 N–H and O–H groups in total. The van der Waals surface area contributed by atoms with Crippen LogP contribution in [0.1, 0.15) is 45.4 Å². The van der Waals surface area contributed by atoms with Gasteiger partial charge >= 0.3 is 6.18 Å². The second-order valence-corrected chi connectivity index (χ2v) is 8.02. The van der Waals surface area contributed by atoms with Crippen LogP contribution in [0.15, 0.2) is 18.3 Å². The Hall–Kier alpha value is -1.87. The summed E-state index contributed by atoms with van der Waals surface area (Å²) in [5.41, 5.74) is -0.839. The standard InChI is InChI=1S/C20H27F3N2O4/c1-2-11-28-13-19(27)7-5-18(6-8-19)9-10-25(17(18)26)15-3-4-16(24-12-15)29-14-20(21,22)23/h3-4,12,27H,2,5-11,13-14H2,1H3. The minimum atomic E-state index is -4.43. The molecule has 2 heterocycles. The van der Waals surface area contributed by atoms with Crippen molar-refractivity contribution in [1.29, 1.82) is 0 Å². The van der Waals surface area contributed by atoms with Gasteiger partial charge in [-0.05, 0) is 44.6 Å². The molecular weight excluding hydrogens is 389 g/mol. The van der Waals surface area contributed by atoms with E-state index >= 15 is 0 Å². The lowest BCUT2D eigenvalue weighted by atomic mass is 9.68. The molecule has 0 radical (unpaired) electrons. The summed E-state index contributed by atoms with van der Waals surface area (Å²) in [4.78, 5) is 18.6. The number of alkyl halides is 3. The van der Waals surface area contributed by atoms with Gasteiger partial charge in [0.05, 0.1) is 29.5 Å². The Morgan fingerprint density at radius 3 is 2.52 bits per heavy atom. The van der Waals surface area contributed by atoms with Crippen LogP contribution >= 0.6 is 0 Å². The topological polar surface area (TPSA) is 71.9 Å². The molecule has 2 aliphatic rings. The first-order valence-electron chi connectivity index (χ1n) is 9.94. The zero-order valence-corrected chi connectivity index (χ0v) is 16.5. The van der Waals surface area contributed by atoms with E-state index in [1.54, 1.807) is 11.0 Å². The lowest BCUT2D eigenvalue weighted by Gasteiger charge is -2.40. The molecule has 0 unspecified atom stereocenters. The van der Waals surface area contributed by atoms with Crippen molar-refractivity contribution in [3.8, 4) is 5.88 Å². The van der Waals surface area contributed by atoms with Crippen LogP contribution in [0, 0.1) is 5.41 Å². The number of carbonyl (C=O) groups is 1. The van der Waals surface area contributed by atoms with Crippen LogP contribution in [-0.2, 0) is 9.53 Å². The van der Waals surface area contributed by atoms with Crippen molar-refractivity contribution in [3.63, 3.8) is 0 Å². The van der Waals surface area contributed by atoms with E-state index < -0.39 is 23.8 Å². The summed E-state index contributed by atoms with van der Waals surface area (Å²) in [7, 11) is 0. The molecule has 1 saturated carbocycles. The maximum Gasteiger partial charge on any atom is 0.422 e. The van der Waals surface area contributed by atoms with Crippen molar-refractivity contribution in [2.24, 2.45) is 5.41 Å². The molecule has 1 aromatic rings. The van der Waals surface area contributed by atoms with Gasteiger partial charge in [-0.15, -0.1) is 0 Å². The third-order valence-electron chi connectivity index (χ3n) is 5.79. The lowest BCUT2D eigenvalue weighted by Crippen LogP contribution is -2.45. The summed E-state index contributed by atoms with van der Waals surface area (Å²) < 4.78 is 46.8. The Balaban J connectivity index is 1.59. The number of hydrogen-bond acceptors (Lipinski definition) is 5. The predicted molar refractivity (Wildman–Crippen MR) is 99.7 cm³/mol. The molecule has 162 valence electrons. The number of amides is 1. The average molecular weight is 416 g/mol. The van der Waals surface area contributed by atoms with E-state index in [1.165, 1.54) is 12.3 Å². The van der Waals surface area contributed by atoms with E-state index in [0.717, 1.165) is 6.42 Å². The SMILES string of the molecule is CCCOCC1(O)CCC2(CCN(c3ccc(OCC(F)(F)F)nc3)C2=O)CC1. The fourth-order valence-corrected chi connectivity index (χ4v) is 4.05. The summed E-state index contributed by atoms with van der Waals surface area (Å²) in [5, 5.41) is 10.7. The first kappa shape index (κ1) is 21.8. The number of hydrogen-bond donors (Lipinski definition) is 1. The molecule has 0 atom stereocenters. The highest BCUT2D eigenvalue weighted by atomic mass is 19.4. The van der Waals surface area contributed by atoms with Crippen molar-refractivity contribution in [2.75, 3.05) is 31.3 Å². The van der Waals surface area contributed by atoms with E-state index in [-0.39, 0.29) is 18.4 Å². The van der Waals surface area contributed by atoms with Crippen molar-refractivity contribution >= 4 is 11.6 Å². The Kier molecular flexibility index (Phi) is 6.38. The smallest absolute Gasteiger partial charge is 0.422 e. The lowest BCUT2D eigenvalue weighted by molar-refractivity contribution is -0.154. The number of pyridine rings is 1. The number of nitrogens with zero attached hydrogens (tertiary/aromatic N) is 2. The first-order valence-corrected chi connectivity index (χ1v) is 9.94. The van der Waals surface area contributed by atoms with E-state index in [4.69, 9.17) is 4.74 Å². The molecule has 1 amide bonds. The highest BCUT2D eigenvalue weighted by Crippen LogP contribution is 2.48. The van der Waals surface area contributed by atoms with Gasteiger partial charge in [0.1, 0.15) is 0 Å². The van der Waals surface area contributed by atoms with E-state index in [1.807, 2.05) is 6.92 Å². The zero-order chi connectivity index (χ0) is 21.1. The number of ether oxygens (including phenoxy) is 2. The normalized spacial score (nSPS) is 27.6. The zero-order valence-electron chi connectivity index (χ0n) is 16.5. The van der Waals surface area contributed by atoms with Crippen molar-refractivity contribution < 1.29 is 32.5 Å². The molecule has 29 heavy (non-hydrogen) atoms. The van der Waals surface area contributed by atoms with Crippen molar-refractivity contribution in [2.45, 2.75) is 57.2 Å². The van der Waals surface area contributed by atoms with Crippen LogP contribution in [0.2, 0.25) is 0 Å². The number of rotatable bonds is 7. The molecule has 0 bridgehead atoms. The minimum Gasteiger partial charge on any atom is -0.468 e. The van der Waals surface area contributed by atoms with Crippen LogP contribution < -0.4 is 9.64 Å². The Morgan fingerprint density at radius 1 is 1.21 bits per heavy atom. The molecule has 1 aromatic heterocycles. The molecule has 1 aliphatic heterocycles. The van der Waals surface area contributed by atoms with Gasteiger partial charge in [-0.3, -0.25) is 4.79 Å². The summed E-state index contributed by atoms with van der Waals surface area (Å²) in [5.74, 6) is -0.151. The molecule has 6 nitrogen and oxygen atoms in total. The molecule has 1 spiro atoms. The predicted octanol–water partition coefficient (Wildman–Crippen LogP) is 3.48. The molecule has 9 heteroatoms. The van der Waals surface area contributed by atoms with Crippen LogP contribution in [0.5, 0.6) is 5.88 Å². The summed E-state index contributed by atoms with van der Waals surface area (Å²) in [6.07, 6.45) is 0.717. The summed E-state index contributed by atoms with van der Waals surface area (Å²) in [6.45, 7) is 2.02. The van der Waals surface area contributed by atoms with Crippen LogP contribution in [0.25, 0.3) is 0 Å². The van der Waals surface area contributed by atoms with Crippen molar-refractivity contribution in [1.82, 2.24) is 4.98 Å². The largest absolute Gasteiger partial charge is 0.468 e. The maximum absolute atomic E-state index is 13.1. The van der Waals surface area contributed by atoms with Gasteiger partial charge in [-0.25, -0.2) is 4.98 Å². The number of aliphatic hydroxyl groups is 1. The second-order valence-electron chi connectivity index (χ2n) is 8.02. The fourth-order valence-electron chi connectivity index (χ4n) is 4.05. The highest BCUT2D eigenvalue weighted by molar-refractivity contribution is 5.99. The number of halogens is 3. The first-order chi connectivity index (χ1) is 13.7. The van der Waals surface area contributed by atoms with E-state index in [9.17, 15) is 23.1 Å². The highest BCUT2D eigenvalue weighted by Gasteiger charge is 2.51. The fraction of sp³-hybridized carbons (Fsp3) is 0.700. The minimum absolute atomic E-state index is 0.0141. The molecule has 2 fully saturated rings. The number of anilines is 1. The molecule has 1 saturated heterocycles. The third-order valence-corrected chi connectivity index (χ3v) is 5.79. The van der Waals surface area contributed by atoms with Crippen LogP contribution in [-0.4, -0.2) is 54.1 Å². The Labute approximate surface area is 168 Å². The van der Waals surface area contributed by atoms with Gasteiger partial charge in [0.2, 0.25) is 11.8 Å². The summed E-state index contributed by atoms with van der Waals surface area (Å²) >= 11 is 0. The second kappa shape index (κ2) is 8.47. The monoisotopic (exact) mass is 416 g/mol. The van der Waals surface area contributed by atoms with Gasteiger partial charge in [0.25, 0.3) is 0 Å². The number of aromatic nitrogens is 1. The molecule has 1 aliphatic carbocycles. The van der Waals surface area contributed by atoms with Crippen LogP contribution in [0.4, 0.5) is 18.9 Å². The van der Waals surface area contributed by atoms with E-state index in [0.29, 0.717) is 50.9 Å². The average Bonchev–Trinajstić information content (AvgIpc) is 3.00. The van der Waals surface area contributed by atoms with Gasteiger partial charge in [-0.1, -0.05) is 6.92 Å². The maximum atomic E-state index is 13.1. The molecular formula is C20H27F3N2O4. The van der Waals surface area contributed by atoms with E-state index in [2.05, 4.69) is 9.72 Å². The van der Waals surface area contributed by atoms with Gasteiger partial charge < -0.3 is 19.5 Å². The quantitative estimate of drug-likeness (QED) is 0.689. The summed E-state index contributed by atoms with van der Waals surface area (Å²) in [6, 6.07) is 2.89. The van der Waals surface area contributed by atoms with Crippen molar-refractivity contribution in [3.05, 3.63) is 18.3 Å². The Bertz CT molecular complexity index is 701. The van der Waals surface area contributed by atoms with Gasteiger partial charge in [-0.2, -0.15) is 13.2 Å². The Morgan fingerprint density at radius 2 is 1.93 bits per heavy atom.